The zero-order valence-electron chi connectivity index (χ0n) is 19.6. The molecule has 2 aromatic carbocycles. The van der Waals surface area contributed by atoms with Crippen molar-refractivity contribution < 1.29 is 19.1 Å². The van der Waals surface area contributed by atoms with Crippen LogP contribution in [0.25, 0.3) is 0 Å². The van der Waals surface area contributed by atoms with E-state index in [4.69, 9.17) is 9.47 Å². The molecule has 0 radical (unpaired) electrons. The number of hydrogen-bond donors (Lipinski definition) is 1. The van der Waals surface area contributed by atoms with Gasteiger partial charge in [-0.3, -0.25) is 9.59 Å². The van der Waals surface area contributed by atoms with Gasteiger partial charge in [0.15, 0.2) is 11.5 Å². The monoisotopic (exact) mass is 450 g/mol. The van der Waals surface area contributed by atoms with E-state index in [1.54, 1.807) is 4.90 Å². The van der Waals surface area contributed by atoms with Crippen molar-refractivity contribution in [3.05, 3.63) is 59.2 Å². The molecular formula is C27H34N2O4. The Hall–Kier alpha value is -3.02. The maximum absolute atomic E-state index is 13.4. The van der Waals surface area contributed by atoms with Crippen molar-refractivity contribution in [2.24, 2.45) is 0 Å². The largest absolute Gasteiger partial charge is 0.486 e. The quantitative estimate of drug-likeness (QED) is 0.655. The smallest absolute Gasteiger partial charge is 0.242 e. The molecule has 1 aliphatic carbocycles. The van der Waals surface area contributed by atoms with Crippen LogP contribution in [0.1, 0.15) is 55.7 Å². The van der Waals surface area contributed by atoms with Crippen LogP contribution < -0.4 is 14.8 Å². The molecular weight excluding hydrogens is 416 g/mol. The van der Waals surface area contributed by atoms with E-state index in [0.29, 0.717) is 32.6 Å². The average molecular weight is 451 g/mol. The molecule has 2 aromatic rings. The minimum atomic E-state index is -0.529. The van der Waals surface area contributed by atoms with Gasteiger partial charge in [0, 0.05) is 19.0 Å². The third-order valence-electron chi connectivity index (χ3n) is 6.54. The summed E-state index contributed by atoms with van der Waals surface area (Å²) in [6, 6.07) is 13.6. The summed E-state index contributed by atoms with van der Waals surface area (Å²) < 4.78 is 11.3. The van der Waals surface area contributed by atoms with Crippen LogP contribution in [0.3, 0.4) is 0 Å². The third-order valence-corrected chi connectivity index (χ3v) is 6.54. The predicted molar refractivity (Wildman–Crippen MR) is 127 cm³/mol. The zero-order valence-corrected chi connectivity index (χ0v) is 19.6. The number of benzene rings is 2. The fourth-order valence-corrected chi connectivity index (χ4v) is 4.62. The van der Waals surface area contributed by atoms with Gasteiger partial charge in [-0.2, -0.15) is 0 Å². The van der Waals surface area contributed by atoms with Gasteiger partial charge in [0.05, 0.1) is 0 Å². The Morgan fingerprint density at radius 1 is 1.03 bits per heavy atom. The lowest BCUT2D eigenvalue weighted by Gasteiger charge is -2.30. The van der Waals surface area contributed by atoms with Gasteiger partial charge in [0.25, 0.3) is 0 Å². The van der Waals surface area contributed by atoms with Gasteiger partial charge in [-0.1, -0.05) is 48.7 Å². The Labute approximate surface area is 196 Å². The molecule has 0 aromatic heterocycles. The zero-order chi connectivity index (χ0) is 23.2. The molecule has 1 fully saturated rings. The summed E-state index contributed by atoms with van der Waals surface area (Å²) in [6.07, 6.45) is 5.26. The van der Waals surface area contributed by atoms with Crippen LogP contribution in [0.5, 0.6) is 11.5 Å². The maximum atomic E-state index is 13.4. The second-order valence-corrected chi connectivity index (χ2v) is 9.15. The van der Waals surface area contributed by atoms with Gasteiger partial charge < -0.3 is 19.7 Å². The molecule has 1 saturated carbocycles. The summed E-state index contributed by atoms with van der Waals surface area (Å²) in [7, 11) is 0. The molecule has 1 atom stereocenters. The van der Waals surface area contributed by atoms with E-state index in [-0.39, 0.29) is 17.9 Å². The van der Waals surface area contributed by atoms with Crippen LogP contribution >= 0.6 is 0 Å². The molecule has 176 valence electrons. The maximum Gasteiger partial charge on any atom is 0.242 e. The highest BCUT2D eigenvalue weighted by molar-refractivity contribution is 5.87. The van der Waals surface area contributed by atoms with E-state index in [1.165, 1.54) is 0 Å². The SMILES string of the molecule is Cc1cccc(CN(C(=O)CCc2ccc3c(c2)OCCO3)C(C)C(=O)NC2CCCC2)c1. The van der Waals surface area contributed by atoms with Crippen LogP contribution in [0.15, 0.2) is 42.5 Å². The second-order valence-electron chi connectivity index (χ2n) is 9.15. The lowest BCUT2D eigenvalue weighted by atomic mass is 10.1. The van der Waals surface area contributed by atoms with Crippen LogP contribution in [-0.4, -0.2) is 42.0 Å². The van der Waals surface area contributed by atoms with E-state index in [0.717, 1.165) is 53.9 Å². The summed E-state index contributed by atoms with van der Waals surface area (Å²) in [6.45, 7) is 5.38. The first-order valence-electron chi connectivity index (χ1n) is 12.0. The molecule has 0 bridgehead atoms. The van der Waals surface area contributed by atoms with Gasteiger partial charge in [-0.05, 0) is 56.4 Å². The van der Waals surface area contributed by atoms with Crippen molar-refractivity contribution in [3.8, 4) is 11.5 Å². The van der Waals surface area contributed by atoms with Crippen molar-refractivity contribution in [1.82, 2.24) is 10.2 Å². The number of rotatable bonds is 8. The molecule has 1 heterocycles. The first-order chi connectivity index (χ1) is 16.0. The van der Waals surface area contributed by atoms with E-state index in [1.807, 2.05) is 50.2 Å². The number of carbonyl (C=O) groups is 2. The summed E-state index contributed by atoms with van der Waals surface area (Å²) in [5.74, 6) is 1.38. The Kier molecular flexibility index (Phi) is 7.53. The normalized spacial score (nSPS) is 16.3. The number of carbonyl (C=O) groups excluding carboxylic acids is 2. The molecule has 1 N–H and O–H groups in total. The third kappa shape index (κ3) is 6.06. The molecule has 33 heavy (non-hydrogen) atoms. The van der Waals surface area contributed by atoms with E-state index in [9.17, 15) is 9.59 Å². The predicted octanol–water partition coefficient (Wildman–Crippen LogP) is 4.17. The fraction of sp³-hybridized carbons (Fsp3) is 0.481. The number of aryl methyl sites for hydroxylation is 2. The molecule has 0 spiro atoms. The minimum Gasteiger partial charge on any atom is -0.486 e. The minimum absolute atomic E-state index is 0.0273. The van der Waals surface area contributed by atoms with E-state index < -0.39 is 6.04 Å². The van der Waals surface area contributed by atoms with Crippen LogP contribution in [0.2, 0.25) is 0 Å². The van der Waals surface area contributed by atoms with Gasteiger partial charge in [0.1, 0.15) is 19.3 Å². The summed E-state index contributed by atoms with van der Waals surface area (Å²) in [4.78, 5) is 28.1. The van der Waals surface area contributed by atoms with E-state index in [2.05, 4.69) is 11.4 Å². The topological polar surface area (TPSA) is 67.9 Å². The Bertz CT molecular complexity index is 984. The number of ether oxygens (including phenoxy) is 2. The second kappa shape index (κ2) is 10.7. The highest BCUT2D eigenvalue weighted by Gasteiger charge is 2.28. The molecule has 1 aliphatic heterocycles. The molecule has 2 amide bonds. The number of hydrogen-bond acceptors (Lipinski definition) is 4. The van der Waals surface area contributed by atoms with Crippen molar-refractivity contribution in [3.63, 3.8) is 0 Å². The highest BCUT2D eigenvalue weighted by atomic mass is 16.6. The lowest BCUT2D eigenvalue weighted by Crippen LogP contribution is -2.49. The molecule has 0 saturated heterocycles. The van der Waals surface area contributed by atoms with Crippen molar-refractivity contribution >= 4 is 11.8 Å². The van der Waals surface area contributed by atoms with Crippen LogP contribution in [0.4, 0.5) is 0 Å². The number of nitrogens with zero attached hydrogens (tertiary/aromatic N) is 1. The Morgan fingerprint density at radius 2 is 1.79 bits per heavy atom. The number of nitrogens with one attached hydrogen (secondary N) is 1. The van der Waals surface area contributed by atoms with Gasteiger partial charge >= 0.3 is 0 Å². The highest BCUT2D eigenvalue weighted by Crippen LogP contribution is 2.31. The first kappa shape index (κ1) is 23.1. The fourth-order valence-electron chi connectivity index (χ4n) is 4.62. The van der Waals surface area contributed by atoms with Gasteiger partial charge in [-0.25, -0.2) is 0 Å². The van der Waals surface area contributed by atoms with Crippen molar-refractivity contribution in [1.29, 1.82) is 0 Å². The lowest BCUT2D eigenvalue weighted by molar-refractivity contribution is -0.140. The van der Waals surface area contributed by atoms with Crippen molar-refractivity contribution in [2.45, 2.75) is 71.0 Å². The summed E-state index contributed by atoms with van der Waals surface area (Å²) >= 11 is 0. The summed E-state index contributed by atoms with van der Waals surface area (Å²) in [5.41, 5.74) is 3.19. The molecule has 1 unspecified atom stereocenters. The number of fused-ring (bicyclic) bond motifs is 1. The summed E-state index contributed by atoms with van der Waals surface area (Å²) in [5, 5.41) is 3.16. The molecule has 2 aliphatic rings. The Balaban J connectivity index is 1.45. The van der Waals surface area contributed by atoms with Crippen LogP contribution in [-0.2, 0) is 22.6 Å². The first-order valence-corrected chi connectivity index (χ1v) is 12.0. The van der Waals surface area contributed by atoms with E-state index >= 15 is 0 Å². The van der Waals surface area contributed by atoms with Gasteiger partial charge in [-0.15, -0.1) is 0 Å². The van der Waals surface area contributed by atoms with Gasteiger partial charge in [0.2, 0.25) is 11.8 Å². The van der Waals surface area contributed by atoms with Crippen molar-refractivity contribution in [2.75, 3.05) is 13.2 Å². The molecule has 6 heteroatoms. The average Bonchev–Trinajstić information content (AvgIpc) is 3.33. The molecule has 6 nitrogen and oxygen atoms in total. The number of amides is 2. The molecule has 4 rings (SSSR count). The standard InChI is InChI=1S/C27H34N2O4/c1-19-6-5-7-22(16-19)18-29(20(2)27(31)28-23-8-3-4-9-23)26(30)13-11-21-10-12-24-25(17-21)33-15-14-32-24/h5-7,10,12,16-17,20,23H,3-4,8-9,11,13-15,18H2,1-2H3,(H,28,31). The van der Waals surface area contributed by atoms with Crippen LogP contribution in [0, 0.1) is 6.92 Å². The Morgan fingerprint density at radius 3 is 2.55 bits per heavy atom.